The van der Waals surface area contributed by atoms with Gasteiger partial charge in [-0.05, 0) is 17.7 Å². The van der Waals surface area contributed by atoms with E-state index in [2.05, 4.69) is 22.4 Å². The number of benzene rings is 2. The molecule has 0 aliphatic carbocycles. The zero-order valence-corrected chi connectivity index (χ0v) is 16.7. The number of carbonyl (C=O) groups is 1. The number of rotatable bonds is 9. The van der Waals surface area contributed by atoms with E-state index in [4.69, 9.17) is 0 Å². The van der Waals surface area contributed by atoms with Crippen LogP contribution in [0.3, 0.4) is 0 Å². The van der Waals surface area contributed by atoms with Gasteiger partial charge in [0.1, 0.15) is 0 Å². The van der Waals surface area contributed by atoms with Crippen molar-refractivity contribution in [2.24, 2.45) is 0 Å². The van der Waals surface area contributed by atoms with Gasteiger partial charge in [-0.1, -0.05) is 42.5 Å². The number of hydrogen-bond acceptors (Lipinski definition) is 6. The number of aromatic nitrogens is 1. The van der Waals surface area contributed by atoms with E-state index in [-0.39, 0.29) is 11.6 Å². The van der Waals surface area contributed by atoms with E-state index in [9.17, 15) is 14.9 Å². The Hall–Kier alpha value is -2.71. The first-order valence-corrected chi connectivity index (χ1v) is 10.8. The summed E-state index contributed by atoms with van der Waals surface area (Å²) in [6.45, 7) is 0. The standard InChI is InChI=1S/C20H19N3O3S2/c24-19(10-5-11-27-13-15-6-2-1-3-7-15)22-20-21-18(14-28-20)16-8-4-9-17(12-16)23(25)26/h1-4,6-9,12,14H,5,10-11,13H2,(H,21,22,24). The number of thiazole rings is 1. The molecular weight excluding hydrogens is 394 g/mol. The Bertz CT molecular complexity index is 945. The zero-order valence-electron chi connectivity index (χ0n) is 15.0. The number of nitrogens with one attached hydrogen (secondary N) is 1. The second kappa shape index (κ2) is 10.0. The quantitative estimate of drug-likeness (QED) is 0.289. The van der Waals surface area contributed by atoms with Gasteiger partial charge in [0.15, 0.2) is 5.13 Å². The van der Waals surface area contributed by atoms with Crippen molar-refractivity contribution in [3.63, 3.8) is 0 Å². The molecule has 0 aliphatic heterocycles. The van der Waals surface area contributed by atoms with Crippen molar-refractivity contribution in [2.75, 3.05) is 11.1 Å². The molecule has 0 fully saturated rings. The van der Waals surface area contributed by atoms with Gasteiger partial charge in [-0.3, -0.25) is 14.9 Å². The lowest BCUT2D eigenvalue weighted by Gasteiger charge is -2.03. The summed E-state index contributed by atoms with van der Waals surface area (Å²) in [5, 5.41) is 16.0. The minimum Gasteiger partial charge on any atom is -0.302 e. The maximum absolute atomic E-state index is 12.1. The highest BCUT2D eigenvalue weighted by Crippen LogP contribution is 2.27. The molecule has 0 spiro atoms. The van der Waals surface area contributed by atoms with Gasteiger partial charge in [0.2, 0.25) is 5.91 Å². The van der Waals surface area contributed by atoms with Crippen molar-refractivity contribution in [1.29, 1.82) is 0 Å². The number of nitrogens with zero attached hydrogens (tertiary/aromatic N) is 2. The molecule has 1 aromatic heterocycles. The summed E-state index contributed by atoms with van der Waals surface area (Å²) in [7, 11) is 0. The summed E-state index contributed by atoms with van der Waals surface area (Å²) in [6.07, 6.45) is 1.24. The summed E-state index contributed by atoms with van der Waals surface area (Å²) in [5.41, 5.74) is 2.57. The first-order chi connectivity index (χ1) is 13.6. The molecule has 6 nitrogen and oxygen atoms in total. The van der Waals surface area contributed by atoms with Gasteiger partial charge >= 0.3 is 0 Å². The van der Waals surface area contributed by atoms with Gasteiger partial charge in [-0.25, -0.2) is 4.98 Å². The average Bonchev–Trinajstić information content (AvgIpc) is 3.17. The van der Waals surface area contributed by atoms with Crippen LogP contribution in [0.15, 0.2) is 60.0 Å². The fraction of sp³-hybridized carbons (Fsp3) is 0.200. The molecule has 0 unspecified atom stereocenters. The van der Waals surface area contributed by atoms with E-state index in [0.29, 0.717) is 22.8 Å². The van der Waals surface area contributed by atoms with E-state index in [1.807, 2.05) is 30.0 Å². The normalized spacial score (nSPS) is 10.6. The van der Waals surface area contributed by atoms with Gasteiger partial charge in [0.05, 0.1) is 10.6 Å². The Kier molecular flexibility index (Phi) is 7.16. The summed E-state index contributed by atoms with van der Waals surface area (Å²) in [5.74, 6) is 1.79. The fourth-order valence-corrected chi connectivity index (χ4v) is 4.18. The summed E-state index contributed by atoms with van der Waals surface area (Å²) in [4.78, 5) is 26.9. The van der Waals surface area contributed by atoms with E-state index < -0.39 is 4.92 Å². The molecule has 0 saturated heterocycles. The smallest absolute Gasteiger partial charge is 0.270 e. The van der Waals surface area contributed by atoms with E-state index in [0.717, 1.165) is 17.9 Å². The van der Waals surface area contributed by atoms with Crippen LogP contribution in [0.2, 0.25) is 0 Å². The van der Waals surface area contributed by atoms with E-state index in [1.165, 1.54) is 29.0 Å². The van der Waals surface area contributed by atoms with Gasteiger partial charge in [-0.15, -0.1) is 11.3 Å². The van der Waals surface area contributed by atoms with Crippen LogP contribution >= 0.6 is 23.1 Å². The maximum Gasteiger partial charge on any atom is 0.270 e. The third-order valence-electron chi connectivity index (χ3n) is 3.91. The van der Waals surface area contributed by atoms with Crippen molar-refractivity contribution in [1.82, 2.24) is 4.98 Å². The second-order valence-electron chi connectivity index (χ2n) is 6.04. The number of carbonyl (C=O) groups excluding carboxylic acids is 1. The Morgan fingerprint density at radius 3 is 2.79 bits per heavy atom. The van der Waals surface area contributed by atoms with Crippen LogP contribution < -0.4 is 5.32 Å². The molecule has 0 atom stereocenters. The minimum atomic E-state index is -0.436. The first-order valence-electron chi connectivity index (χ1n) is 8.74. The molecule has 1 heterocycles. The number of nitro groups is 1. The Balaban J connectivity index is 1.44. The molecule has 1 N–H and O–H groups in total. The molecule has 2 aromatic carbocycles. The molecular formula is C20H19N3O3S2. The molecule has 0 radical (unpaired) electrons. The lowest BCUT2D eigenvalue weighted by atomic mass is 10.1. The van der Waals surface area contributed by atoms with Crippen molar-refractivity contribution in [3.05, 3.63) is 75.7 Å². The number of anilines is 1. The van der Waals surface area contributed by atoms with Crippen molar-refractivity contribution in [2.45, 2.75) is 18.6 Å². The van der Waals surface area contributed by atoms with Gasteiger partial charge < -0.3 is 5.32 Å². The molecule has 28 heavy (non-hydrogen) atoms. The Morgan fingerprint density at radius 1 is 1.18 bits per heavy atom. The average molecular weight is 414 g/mol. The van der Waals surface area contributed by atoms with E-state index >= 15 is 0 Å². The Labute approximate surface area is 171 Å². The van der Waals surface area contributed by atoms with Crippen LogP contribution in [-0.4, -0.2) is 21.6 Å². The van der Waals surface area contributed by atoms with Crippen LogP contribution in [0.1, 0.15) is 18.4 Å². The molecule has 0 aliphatic rings. The third kappa shape index (κ3) is 5.90. The maximum atomic E-state index is 12.1. The van der Waals surface area contributed by atoms with Crippen molar-refractivity contribution < 1.29 is 9.72 Å². The van der Waals surface area contributed by atoms with Crippen molar-refractivity contribution in [3.8, 4) is 11.3 Å². The SMILES string of the molecule is O=C(CCCSCc1ccccc1)Nc1nc(-c2cccc([N+](=O)[O-])c2)cs1. The highest BCUT2D eigenvalue weighted by molar-refractivity contribution is 7.98. The lowest BCUT2D eigenvalue weighted by molar-refractivity contribution is -0.384. The van der Waals surface area contributed by atoms with Gasteiger partial charge in [-0.2, -0.15) is 11.8 Å². The summed E-state index contributed by atoms with van der Waals surface area (Å²) in [6, 6.07) is 16.6. The lowest BCUT2D eigenvalue weighted by Crippen LogP contribution is -2.11. The van der Waals surface area contributed by atoms with Crippen LogP contribution in [0, 0.1) is 10.1 Å². The monoisotopic (exact) mass is 413 g/mol. The molecule has 0 bridgehead atoms. The number of thioether (sulfide) groups is 1. The molecule has 0 saturated carbocycles. The number of non-ortho nitro benzene ring substituents is 1. The third-order valence-corrected chi connectivity index (χ3v) is 5.78. The van der Waals surface area contributed by atoms with Crippen LogP contribution in [-0.2, 0) is 10.5 Å². The van der Waals surface area contributed by atoms with Crippen LogP contribution in [0.25, 0.3) is 11.3 Å². The second-order valence-corrected chi connectivity index (χ2v) is 8.00. The van der Waals surface area contributed by atoms with Gasteiger partial charge in [0.25, 0.3) is 5.69 Å². The number of amides is 1. The first kappa shape index (κ1) is 20.0. The largest absolute Gasteiger partial charge is 0.302 e. The molecule has 1 amide bonds. The predicted octanol–water partition coefficient (Wildman–Crippen LogP) is 5.37. The predicted molar refractivity (Wildman–Crippen MR) is 115 cm³/mol. The van der Waals surface area contributed by atoms with Crippen LogP contribution in [0.5, 0.6) is 0 Å². The van der Waals surface area contributed by atoms with Crippen LogP contribution in [0.4, 0.5) is 10.8 Å². The number of nitro benzene ring substituents is 1. The highest BCUT2D eigenvalue weighted by Gasteiger charge is 2.11. The minimum absolute atomic E-state index is 0.0177. The van der Waals surface area contributed by atoms with E-state index in [1.54, 1.807) is 17.5 Å². The zero-order chi connectivity index (χ0) is 19.8. The molecule has 3 aromatic rings. The highest BCUT2D eigenvalue weighted by atomic mass is 32.2. The fourth-order valence-electron chi connectivity index (χ4n) is 2.52. The number of hydrogen-bond donors (Lipinski definition) is 1. The van der Waals surface area contributed by atoms with Gasteiger partial charge in [0, 0.05) is 35.2 Å². The molecule has 3 rings (SSSR count). The van der Waals surface area contributed by atoms with Crippen molar-refractivity contribution >= 4 is 39.8 Å². The topological polar surface area (TPSA) is 85.1 Å². The summed E-state index contributed by atoms with van der Waals surface area (Å²) >= 11 is 3.12. The molecule has 8 heteroatoms. The Morgan fingerprint density at radius 2 is 2.00 bits per heavy atom. The summed E-state index contributed by atoms with van der Waals surface area (Å²) < 4.78 is 0. The molecule has 144 valence electrons.